The number of carbonyl (C=O) groups excluding carboxylic acids is 2. The van der Waals surface area contributed by atoms with Gasteiger partial charge < -0.3 is 28.5 Å². The van der Waals surface area contributed by atoms with Gasteiger partial charge in [-0.25, -0.2) is 4.79 Å². The molecule has 2 atom stereocenters. The number of allylic oxidation sites excluding steroid dienone is 2. The Balaban J connectivity index is 4.04. The van der Waals surface area contributed by atoms with Gasteiger partial charge in [-0.1, -0.05) is 334 Å². The molecule has 0 amide bonds. The van der Waals surface area contributed by atoms with E-state index < -0.39 is 18.4 Å². The van der Waals surface area contributed by atoms with Crippen molar-refractivity contribution in [1.29, 1.82) is 0 Å². The molecule has 0 aliphatic heterocycles. The maximum atomic E-state index is 12.9. The molecule has 0 aliphatic rings. The van der Waals surface area contributed by atoms with Gasteiger partial charge in [-0.2, -0.15) is 0 Å². The van der Waals surface area contributed by atoms with Gasteiger partial charge in [0.15, 0.2) is 6.10 Å². The molecule has 0 heterocycles. The summed E-state index contributed by atoms with van der Waals surface area (Å²) in [6.45, 7) is 4.96. The Hall–Kier alpha value is -1.97. The van der Waals surface area contributed by atoms with Crippen LogP contribution in [0.5, 0.6) is 0 Å². The summed E-state index contributed by atoms with van der Waals surface area (Å²) in [6.07, 6.45) is 74.8. The third kappa shape index (κ3) is 65.4. The van der Waals surface area contributed by atoms with Crippen LogP contribution in [0.1, 0.15) is 373 Å². The van der Waals surface area contributed by atoms with Crippen molar-refractivity contribution < 1.29 is 42.9 Å². The zero-order valence-corrected chi connectivity index (χ0v) is 55.0. The van der Waals surface area contributed by atoms with Gasteiger partial charge in [0, 0.05) is 12.8 Å². The molecule has 0 aromatic heterocycles. The summed E-state index contributed by atoms with van der Waals surface area (Å²) in [6, 6.07) is 0. The molecule has 81 heavy (non-hydrogen) atoms. The SMILES string of the molecule is CCCCCCCCCC/C=C\CCCCCCCCCCCCCCCCCC(=O)OC(COC(=O)CCCCCCCCCCCCCCCCCCCCCCCCCCCCCCC)COC(OCC[N+](C)(C)C)C(=O)O. The molecule has 0 saturated heterocycles. The smallest absolute Gasteiger partial charge is 0.361 e. The molecule has 0 aromatic rings. The van der Waals surface area contributed by atoms with Gasteiger partial charge in [0.25, 0.3) is 6.29 Å². The van der Waals surface area contributed by atoms with E-state index in [2.05, 4.69) is 26.0 Å². The number of carboxylic acids is 1. The second-order valence-electron chi connectivity index (χ2n) is 25.9. The molecule has 0 rings (SSSR count). The number of esters is 2. The number of nitrogens with zero attached hydrogens (tertiary/aromatic N) is 1. The van der Waals surface area contributed by atoms with Crippen molar-refractivity contribution in [3.05, 3.63) is 12.2 Å². The minimum absolute atomic E-state index is 0.174. The normalized spacial score (nSPS) is 12.7. The first-order valence-electron chi connectivity index (χ1n) is 35.9. The fraction of sp³-hybridized carbons (Fsp3) is 0.931. The Morgan fingerprint density at radius 2 is 0.630 bits per heavy atom. The van der Waals surface area contributed by atoms with E-state index in [-0.39, 0.29) is 38.2 Å². The fourth-order valence-corrected chi connectivity index (χ4v) is 11.0. The molecule has 9 nitrogen and oxygen atoms in total. The molecule has 0 spiro atoms. The van der Waals surface area contributed by atoms with Crippen molar-refractivity contribution in [1.82, 2.24) is 0 Å². The lowest BCUT2D eigenvalue weighted by Gasteiger charge is -2.25. The topological polar surface area (TPSA) is 108 Å². The quantitative estimate of drug-likeness (QED) is 0.0211. The molecule has 480 valence electrons. The van der Waals surface area contributed by atoms with Gasteiger partial charge >= 0.3 is 17.9 Å². The largest absolute Gasteiger partial charge is 0.477 e. The van der Waals surface area contributed by atoms with Crippen molar-refractivity contribution in [3.8, 4) is 0 Å². The summed E-state index contributed by atoms with van der Waals surface area (Å²) in [5, 5.41) is 9.75. The van der Waals surface area contributed by atoms with Crippen LogP contribution in [0, 0.1) is 0 Å². The molecular weight excluding hydrogens is 1010 g/mol. The van der Waals surface area contributed by atoms with Crippen molar-refractivity contribution in [2.45, 2.75) is 386 Å². The molecule has 0 fully saturated rings. The summed E-state index contributed by atoms with van der Waals surface area (Å²) < 4.78 is 23.0. The number of likely N-dealkylation sites (N-methyl/N-ethyl adjacent to an activating group) is 1. The zero-order chi connectivity index (χ0) is 59.1. The van der Waals surface area contributed by atoms with Gasteiger partial charge in [0.2, 0.25) is 0 Å². The van der Waals surface area contributed by atoms with Crippen LogP contribution in [0.3, 0.4) is 0 Å². The molecule has 1 N–H and O–H groups in total. The van der Waals surface area contributed by atoms with E-state index in [1.165, 1.54) is 308 Å². The molecule has 0 bridgehead atoms. The predicted octanol–water partition coefficient (Wildman–Crippen LogP) is 22.0. The molecule has 0 aromatic carbocycles. The second kappa shape index (κ2) is 64.0. The summed E-state index contributed by atoms with van der Waals surface area (Å²) >= 11 is 0. The number of aliphatic carboxylic acids is 1. The highest BCUT2D eigenvalue weighted by molar-refractivity contribution is 5.71. The van der Waals surface area contributed by atoms with E-state index in [0.717, 1.165) is 38.5 Å². The summed E-state index contributed by atoms with van der Waals surface area (Å²) in [7, 11) is 5.99. The van der Waals surface area contributed by atoms with E-state index in [4.69, 9.17) is 18.9 Å². The van der Waals surface area contributed by atoms with Crippen molar-refractivity contribution >= 4 is 17.9 Å². The second-order valence-corrected chi connectivity index (χ2v) is 25.9. The Morgan fingerprint density at radius 1 is 0.358 bits per heavy atom. The van der Waals surface area contributed by atoms with Crippen LogP contribution in [0.25, 0.3) is 0 Å². The monoisotopic (exact) mass is 1150 g/mol. The highest BCUT2D eigenvalue weighted by atomic mass is 16.7. The lowest BCUT2D eigenvalue weighted by atomic mass is 10.0. The number of quaternary nitrogens is 1. The van der Waals surface area contributed by atoms with E-state index >= 15 is 0 Å². The Morgan fingerprint density at radius 3 is 0.914 bits per heavy atom. The minimum atomic E-state index is -1.51. The van der Waals surface area contributed by atoms with Crippen LogP contribution >= 0.6 is 0 Å². The standard InChI is InChI=1S/C72H139NO8/c1-6-8-10-12-14-16-18-20-22-24-26-28-30-32-34-35-37-38-40-42-44-46-48-50-52-54-56-58-60-62-69(74)79-66-68(67-80-72(71(76)77)78-65-64-73(3,4)5)81-70(75)63-61-59-57-55-53-51-49-47-45-43-41-39-36-33-31-29-27-25-23-21-19-17-15-13-11-9-7-2/h25,27,68,72H,6-24,26,28-67H2,1-5H3/p+1/b27-25-. The Bertz CT molecular complexity index is 1330. The van der Waals surface area contributed by atoms with Gasteiger partial charge in [0.1, 0.15) is 13.2 Å². The highest BCUT2D eigenvalue weighted by Crippen LogP contribution is 2.19. The summed E-state index contributed by atoms with van der Waals surface area (Å²) in [4.78, 5) is 37.6. The first-order chi connectivity index (χ1) is 39.6. The maximum Gasteiger partial charge on any atom is 0.361 e. The first kappa shape index (κ1) is 79.0. The van der Waals surface area contributed by atoms with Crippen molar-refractivity contribution in [2.75, 3.05) is 47.5 Å². The lowest BCUT2D eigenvalue weighted by molar-refractivity contribution is -0.870. The molecular formula is C72H140NO8+. The van der Waals surface area contributed by atoms with Crippen molar-refractivity contribution in [3.63, 3.8) is 0 Å². The highest BCUT2D eigenvalue weighted by Gasteiger charge is 2.25. The average molecular weight is 1150 g/mol. The number of rotatable bonds is 68. The van der Waals surface area contributed by atoms with Gasteiger partial charge in [-0.05, 0) is 38.5 Å². The van der Waals surface area contributed by atoms with Crippen LogP contribution in [-0.4, -0.2) is 87.4 Å². The van der Waals surface area contributed by atoms with E-state index in [1.807, 2.05) is 21.1 Å². The molecule has 2 unspecified atom stereocenters. The Labute approximate surface area is 504 Å². The number of unbranched alkanes of at least 4 members (excludes halogenated alkanes) is 51. The third-order valence-electron chi connectivity index (χ3n) is 16.5. The van der Waals surface area contributed by atoms with Crippen LogP contribution < -0.4 is 0 Å². The average Bonchev–Trinajstić information content (AvgIpc) is 3.44. The lowest BCUT2D eigenvalue weighted by Crippen LogP contribution is -2.40. The minimum Gasteiger partial charge on any atom is -0.477 e. The molecule has 0 saturated carbocycles. The maximum absolute atomic E-state index is 12.9. The number of carbonyl (C=O) groups is 3. The van der Waals surface area contributed by atoms with E-state index in [0.29, 0.717) is 17.4 Å². The van der Waals surface area contributed by atoms with Gasteiger partial charge in [-0.3, -0.25) is 9.59 Å². The predicted molar refractivity (Wildman–Crippen MR) is 346 cm³/mol. The number of hydrogen-bond acceptors (Lipinski definition) is 7. The van der Waals surface area contributed by atoms with Crippen LogP contribution in [-0.2, 0) is 33.3 Å². The fourth-order valence-electron chi connectivity index (χ4n) is 11.0. The van der Waals surface area contributed by atoms with E-state index in [9.17, 15) is 19.5 Å². The van der Waals surface area contributed by atoms with Gasteiger partial charge in [0.05, 0.1) is 34.4 Å². The third-order valence-corrected chi connectivity index (χ3v) is 16.5. The number of hydrogen-bond donors (Lipinski definition) is 1. The Kier molecular flexibility index (Phi) is 62.5. The van der Waals surface area contributed by atoms with Crippen molar-refractivity contribution in [2.24, 2.45) is 0 Å². The molecule has 9 heteroatoms. The summed E-state index contributed by atoms with van der Waals surface area (Å²) in [5.41, 5.74) is 0. The van der Waals surface area contributed by atoms with Crippen LogP contribution in [0.2, 0.25) is 0 Å². The van der Waals surface area contributed by atoms with E-state index in [1.54, 1.807) is 0 Å². The summed E-state index contributed by atoms with van der Waals surface area (Å²) in [5.74, 6) is -1.97. The first-order valence-corrected chi connectivity index (χ1v) is 35.9. The van der Waals surface area contributed by atoms with Crippen LogP contribution in [0.15, 0.2) is 12.2 Å². The van der Waals surface area contributed by atoms with Crippen LogP contribution in [0.4, 0.5) is 0 Å². The number of ether oxygens (including phenoxy) is 4. The zero-order valence-electron chi connectivity index (χ0n) is 55.0. The molecule has 0 aliphatic carbocycles. The number of carboxylic acid groups (broad SMARTS) is 1. The van der Waals surface area contributed by atoms with Gasteiger partial charge in [-0.15, -0.1) is 0 Å². The molecule has 0 radical (unpaired) electrons.